The third kappa shape index (κ3) is 4.95. The van der Waals surface area contributed by atoms with E-state index in [2.05, 4.69) is 20.8 Å². The van der Waals surface area contributed by atoms with E-state index in [1.807, 2.05) is 0 Å². The number of carbonyl (C=O) groups is 3. The average Bonchev–Trinajstić information content (AvgIpc) is 2.67. The Labute approximate surface area is 182 Å². The first-order valence-corrected chi connectivity index (χ1v) is 10.6. The molecule has 1 aromatic rings. The maximum atomic E-state index is 12.9. The van der Waals surface area contributed by atoms with E-state index >= 15 is 0 Å². The zero-order valence-corrected chi connectivity index (χ0v) is 19.4. The van der Waals surface area contributed by atoms with Crippen LogP contribution in [0.2, 0.25) is 10.0 Å². The minimum Gasteiger partial charge on any atom is -0.338 e. The van der Waals surface area contributed by atoms with Crippen LogP contribution in [0, 0.1) is 31.1 Å². The zero-order chi connectivity index (χ0) is 22.1. The quantitative estimate of drug-likeness (QED) is 0.438. The van der Waals surface area contributed by atoms with E-state index in [1.165, 1.54) is 7.05 Å². The normalized spacial score (nSPS) is 19.6. The van der Waals surface area contributed by atoms with Crippen LogP contribution in [-0.4, -0.2) is 30.3 Å². The van der Waals surface area contributed by atoms with Gasteiger partial charge in [-0.05, 0) is 62.0 Å². The van der Waals surface area contributed by atoms with E-state index in [0.717, 1.165) is 30.7 Å². The Kier molecular flexibility index (Phi) is 7.39. The first-order chi connectivity index (χ1) is 13.4. The molecule has 1 aliphatic carbocycles. The van der Waals surface area contributed by atoms with Crippen molar-refractivity contribution in [3.8, 4) is 0 Å². The second kappa shape index (κ2) is 9.05. The highest BCUT2D eigenvalue weighted by atomic mass is 35.5. The predicted molar refractivity (Wildman–Crippen MR) is 114 cm³/mol. The van der Waals surface area contributed by atoms with Gasteiger partial charge in [-0.25, -0.2) is 4.79 Å². The molecule has 1 aromatic carbocycles. The summed E-state index contributed by atoms with van der Waals surface area (Å²) in [6.07, 6.45) is 3.87. The number of hydrogen-bond acceptors (Lipinski definition) is 4. The maximum Gasteiger partial charge on any atom is 0.335 e. The fourth-order valence-corrected chi connectivity index (χ4v) is 4.48. The molecule has 1 amide bonds. The van der Waals surface area contributed by atoms with E-state index in [0.29, 0.717) is 23.3 Å². The molecule has 2 rings (SSSR count). The van der Waals surface area contributed by atoms with Crippen molar-refractivity contribution in [1.29, 1.82) is 0 Å². The van der Waals surface area contributed by atoms with Crippen LogP contribution in [0.15, 0.2) is 0 Å². The van der Waals surface area contributed by atoms with Gasteiger partial charge in [-0.15, -0.1) is 0 Å². The summed E-state index contributed by atoms with van der Waals surface area (Å²) in [6.45, 7) is 10.1. The Hall–Kier alpha value is -1.59. The summed E-state index contributed by atoms with van der Waals surface area (Å²) in [5, 5.41) is 1.15. The van der Waals surface area contributed by atoms with Crippen LogP contribution in [-0.2, 0) is 9.63 Å². The Balaban J connectivity index is 2.14. The number of nitrogens with zero attached hydrogens (tertiary/aromatic N) is 1. The van der Waals surface area contributed by atoms with Crippen LogP contribution in [0.3, 0.4) is 0 Å². The number of amides is 1. The fraction of sp³-hybridized carbons (Fsp3) is 0.591. The van der Waals surface area contributed by atoms with E-state index in [-0.39, 0.29) is 32.5 Å². The number of carbonyl (C=O) groups excluding carboxylic acids is 3. The summed E-state index contributed by atoms with van der Waals surface area (Å²) in [6, 6.07) is 0. The van der Waals surface area contributed by atoms with E-state index in [9.17, 15) is 14.4 Å². The van der Waals surface area contributed by atoms with Gasteiger partial charge >= 0.3 is 5.97 Å². The topological polar surface area (TPSA) is 63.7 Å². The van der Waals surface area contributed by atoms with Crippen LogP contribution in [0.25, 0.3) is 0 Å². The van der Waals surface area contributed by atoms with Gasteiger partial charge in [0.2, 0.25) is 0 Å². The lowest BCUT2D eigenvalue weighted by Gasteiger charge is -2.36. The lowest BCUT2D eigenvalue weighted by molar-refractivity contribution is -0.180. The number of aldehydes is 1. The SMILES string of the molecule is Cc1c(C)c(Cl)c(C(=O)N(C)OC(=O)C2CCC(C(C)(C)C)CC2)c(C=O)c1Cl. The Morgan fingerprint density at radius 2 is 1.55 bits per heavy atom. The molecule has 0 heterocycles. The molecule has 0 atom stereocenters. The van der Waals surface area contributed by atoms with Gasteiger partial charge in [0.05, 0.1) is 21.5 Å². The lowest BCUT2D eigenvalue weighted by atomic mass is 9.70. The number of rotatable bonds is 3. The van der Waals surface area contributed by atoms with Gasteiger partial charge in [0.15, 0.2) is 6.29 Å². The van der Waals surface area contributed by atoms with Crippen LogP contribution in [0.5, 0.6) is 0 Å². The maximum absolute atomic E-state index is 12.9. The molecule has 0 aliphatic heterocycles. The molecule has 0 spiro atoms. The summed E-state index contributed by atoms with van der Waals surface area (Å²) in [5.41, 5.74) is 1.39. The van der Waals surface area contributed by atoms with Crippen molar-refractivity contribution in [1.82, 2.24) is 5.06 Å². The Bertz CT molecular complexity index is 821. The first kappa shape index (κ1) is 23.7. The van der Waals surface area contributed by atoms with Gasteiger partial charge < -0.3 is 4.84 Å². The van der Waals surface area contributed by atoms with Crippen LogP contribution in [0.4, 0.5) is 0 Å². The van der Waals surface area contributed by atoms with Gasteiger partial charge in [0.25, 0.3) is 5.91 Å². The molecular formula is C22H29Cl2NO4. The molecule has 1 fully saturated rings. The molecule has 29 heavy (non-hydrogen) atoms. The van der Waals surface area contributed by atoms with Crippen LogP contribution in [0.1, 0.15) is 78.3 Å². The van der Waals surface area contributed by atoms with E-state index < -0.39 is 11.9 Å². The van der Waals surface area contributed by atoms with Crippen LogP contribution < -0.4 is 0 Å². The van der Waals surface area contributed by atoms with Crippen molar-refractivity contribution in [3.63, 3.8) is 0 Å². The molecule has 0 aromatic heterocycles. The summed E-state index contributed by atoms with van der Waals surface area (Å²) in [7, 11) is 1.34. The molecule has 0 radical (unpaired) electrons. The van der Waals surface area contributed by atoms with Gasteiger partial charge in [-0.3, -0.25) is 9.59 Å². The van der Waals surface area contributed by atoms with Crippen LogP contribution >= 0.6 is 23.2 Å². The summed E-state index contributed by atoms with van der Waals surface area (Å²) in [5.74, 6) is -0.795. The highest BCUT2D eigenvalue weighted by Gasteiger charge is 2.34. The Morgan fingerprint density at radius 1 is 1.03 bits per heavy atom. The van der Waals surface area contributed by atoms with E-state index in [1.54, 1.807) is 13.8 Å². The molecule has 0 saturated heterocycles. The van der Waals surface area contributed by atoms with Crippen molar-refractivity contribution in [3.05, 3.63) is 32.3 Å². The smallest absolute Gasteiger partial charge is 0.335 e. The summed E-state index contributed by atoms with van der Waals surface area (Å²) in [4.78, 5) is 42.4. The highest BCUT2D eigenvalue weighted by molar-refractivity contribution is 6.39. The third-order valence-electron chi connectivity index (χ3n) is 6.08. The molecular weight excluding hydrogens is 413 g/mol. The molecule has 160 valence electrons. The number of halogens is 2. The minimum absolute atomic E-state index is 0.00153. The van der Waals surface area contributed by atoms with Gasteiger partial charge in [-0.1, -0.05) is 44.0 Å². The molecule has 0 bridgehead atoms. The first-order valence-electron chi connectivity index (χ1n) is 9.83. The summed E-state index contributed by atoms with van der Waals surface area (Å²) < 4.78 is 0. The minimum atomic E-state index is -0.682. The number of benzene rings is 1. The predicted octanol–water partition coefficient (Wildman–Crippen LogP) is 5.81. The molecule has 1 aliphatic rings. The van der Waals surface area contributed by atoms with Gasteiger partial charge in [0, 0.05) is 12.6 Å². The van der Waals surface area contributed by atoms with Crippen molar-refractivity contribution in [2.45, 2.75) is 60.3 Å². The monoisotopic (exact) mass is 441 g/mol. The van der Waals surface area contributed by atoms with Crippen molar-refractivity contribution in [2.24, 2.45) is 17.3 Å². The molecule has 7 heteroatoms. The van der Waals surface area contributed by atoms with Gasteiger partial charge in [0.1, 0.15) is 0 Å². The van der Waals surface area contributed by atoms with Crippen molar-refractivity contribution >= 4 is 41.4 Å². The zero-order valence-electron chi connectivity index (χ0n) is 17.9. The number of hydrogen-bond donors (Lipinski definition) is 0. The molecule has 0 N–H and O–H groups in total. The molecule has 0 unspecified atom stereocenters. The van der Waals surface area contributed by atoms with E-state index in [4.69, 9.17) is 28.0 Å². The molecule has 5 nitrogen and oxygen atoms in total. The van der Waals surface area contributed by atoms with Crippen molar-refractivity contribution in [2.75, 3.05) is 7.05 Å². The second-order valence-electron chi connectivity index (χ2n) is 8.91. The number of hydroxylamine groups is 2. The second-order valence-corrected chi connectivity index (χ2v) is 9.67. The van der Waals surface area contributed by atoms with Gasteiger partial charge in [-0.2, -0.15) is 5.06 Å². The summed E-state index contributed by atoms with van der Waals surface area (Å²) >= 11 is 12.6. The lowest BCUT2D eigenvalue weighted by Crippen LogP contribution is -2.36. The average molecular weight is 442 g/mol. The molecule has 1 saturated carbocycles. The third-order valence-corrected chi connectivity index (χ3v) is 7.04. The van der Waals surface area contributed by atoms with Crippen molar-refractivity contribution < 1.29 is 19.2 Å². The largest absolute Gasteiger partial charge is 0.338 e. The standard InChI is InChI=1S/C22H29Cl2NO4/c1-12-13(2)19(24)17(16(11-26)18(12)23)20(27)25(6)29-21(28)14-7-9-15(10-8-14)22(3,4)5/h11,14-15H,7-10H2,1-6H3. The highest BCUT2D eigenvalue weighted by Crippen LogP contribution is 2.40. The Morgan fingerprint density at radius 3 is 2.03 bits per heavy atom. The fourth-order valence-electron chi connectivity index (χ4n) is 3.87.